The third kappa shape index (κ3) is 7.50. The fourth-order valence-corrected chi connectivity index (χ4v) is 5.43. The number of aromatic amines is 1. The Morgan fingerprint density at radius 3 is 2.65 bits per heavy atom. The van der Waals surface area contributed by atoms with Gasteiger partial charge in [0, 0.05) is 29.7 Å². The number of fused-ring (bicyclic) bond motifs is 1. The molecule has 1 aliphatic carbocycles. The zero-order valence-electron chi connectivity index (χ0n) is 24.6. The third-order valence-electron chi connectivity index (χ3n) is 7.25. The van der Waals surface area contributed by atoms with Gasteiger partial charge in [-0.15, -0.1) is 0 Å². The van der Waals surface area contributed by atoms with Gasteiger partial charge < -0.3 is 20.3 Å². The van der Waals surface area contributed by atoms with Crippen LogP contribution in [0.25, 0.3) is 22.3 Å². The van der Waals surface area contributed by atoms with Crippen LogP contribution in [0.3, 0.4) is 0 Å². The minimum Gasteiger partial charge on any atom is -0.444 e. The van der Waals surface area contributed by atoms with E-state index < -0.39 is 5.60 Å². The number of para-hydroxylation sites is 1. The smallest absolute Gasteiger partial charge is 0.410 e. The second kappa shape index (κ2) is 12.8. The lowest BCUT2D eigenvalue weighted by atomic mass is 9.90. The molecule has 1 fully saturated rings. The van der Waals surface area contributed by atoms with E-state index in [2.05, 4.69) is 32.4 Å². The molecular formula is C32H36ClN7O3. The topological polar surface area (TPSA) is 125 Å². The number of nitrogens with one attached hydrogen (secondary N) is 3. The van der Waals surface area contributed by atoms with Crippen LogP contribution in [-0.2, 0) is 16.1 Å². The van der Waals surface area contributed by atoms with Crippen LogP contribution in [0.2, 0.25) is 5.02 Å². The number of amides is 2. The van der Waals surface area contributed by atoms with Crippen LogP contribution in [-0.4, -0.2) is 54.8 Å². The van der Waals surface area contributed by atoms with E-state index in [9.17, 15) is 9.59 Å². The van der Waals surface area contributed by atoms with E-state index in [1.165, 1.54) is 6.08 Å². The van der Waals surface area contributed by atoms with Gasteiger partial charge in [0.25, 0.3) is 0 Å². The summed E-state index contributed by atoms with van der Waals surface area (Å²) in [6.07, 6.45) is 5.81. The first-order valence-corrected chi connectivity index (χ1v) is 14.7. The van der Waals surface area contributed by atoms with E-state index in [4.69, 9.17) is 21.3 Å². The molecular weight excluding hydrogens is 566 g/mol. The highest BCUT2D eigenvalue weighted by Crippen LogP contribution is 2.32. The maximum Gasteiger partial charge on any atom is 0.410 e. The van der Waals surface area contributed by atoms with Crippen molar-refractivity contribution in [3.8, 4) is 11.4 Å². The lowest BCUT2D eigenvalue weighted by Gasteiger charge is -2.38. The van der Waals surface area contributed by atoms with Gasteiger partial charge in [0.05, 0.1) is 16.7 Å². The minimum absolute atomic E-state index is 0.0325. The number of anilines is 2. The van der Waals surface area contributed by atoms with Crippen LogP contribution in [0.1, 0.15) is 52.0 Å². The van der Waals surface area contributed by atoms with Gasteiger partial charge in [-0.2, -0.15) is 5.10 Å². The largest absolute Gasteiger partial charge is 0.444 e. The number of benzene rings is 2. The number of halogens is 1. The number of carbonyl (C=O) groups excluding carboxylic acids is 2. The summed E-state index contributed by atoms with van der Waals surface area (Å²) in [5.41, 5.74) is 3.06. The Morgan fingerprint density at radius 2 is 1.91 bits per heavy atom. The van der Waals surface area contributed by atoms with Gasteiger partial charge in [0.1, 0.15) is 17.0 Å². The molecule has 0 aliphatic heterocycles. The van der Waals surface area contributed by atoms with Crippen molar-refractivity contribution in [2.24, 2.45) is 0 Å². The highest BCUT2D eigenvalue weighted by Gasteiger charge is 2.33. The monoisotopic (exact) mass is 601 g/mol. The highest BCUT2D eigenvalue weighted by molar-refractivity contribution is 6.33. The van der Waals surface area contributed by atoms with Gasteiger partial charge in [-0.05, 0) is 76.3 Å². The van der Waals surface area contributed by atoms with Crippen LogP contribution in [0, 0.1) is 0 Å². The maximum atomic E-state index is 13.5. The molecule has 10 nitrogen and oxygen atoms in total. The second-order valence-electron chi connectivity index (χ2n) is 11.7. The fraction of sp³-hybridized carbons (Fsp3) is 0.344. The fourth-order valence-electron chi connectivity index (χ4n) is 5.25. The first kappa shape index (κ1) is 30.0. The molecule has 2 heterocycles. The van der Waals surface area contributed by atoms with Gasteiger partial charge >= 0.3 is 6.09 Å². The Balaban J connectivity index is 1.33. The molecule has 2 aromatic heterocycles. The number of hydrogen-bond donors (Lipinski definition) is 3. The summed E-state index contributed by atoms with van der Waals surface area (Å²) in [5, 5.41) is 15.0. The molecule has 0 saturated heterocycles. The number of hydrogen-bond acceptors (Lipinski definition) is 7. The van der Waals surface area contributed by atoms with Gasteiger partial charge in [-0.1, -0.05) is 48.5 Å². The van der Waals surface area contributed by atoms with E-state index in [0.717, 1.165) is 35.7 Å². The molecule has 2 aromatic carbocycles. The Bertz CT molecular complexity index is 1610. The molecule has 0 bridgehead atoms. The van der Waals surface area contributed by atoms with Crippen LogP contribution in [0.4, 0.5) is 16.4 Å². The number of nitrogens with zero attached hydrogens (tertiary/aromatic N) is 4. The Labute approximate surface area is 255 Å². The molecule has 1 aliphatic rings. The molecule has 1 saturated carbocycles. The van der Waals surface area contributed by atoms with Gasteiger partial charge in [0.2, 0.25) is 11.9 Å². The van der Waals surface area contributed by atoms with Crippen LogP contribution < -0.4 is 10.6 Å². The van der Waals surface area contributed by atoms with Crippen molar-refractivity contribution < 1.29 is 14.3 Å². The quantitative estimate of drug-likeness (QED) is 0.186. The van der Waals surface area contributed by atoms with E-state index >= 15 is 0 Å². The average Bonchev–Trinajstić information content (AvgIpc) is 3.41. The summed E-state index contributed by atoms with van der Waals surface area (Å²) in [6, 6.07) is 15.2. The molecule has 2 atom stereocenters. The van der Waals surface area contributed by atoms with Crippen molar-refractivity contribution in [2.75, 3.05) is 10.6 Å². The summed E-state index contributed by atoms with van der Waals surface area (Å²) in [5.74, 6) is 0.177. The molecule has 43 heavy (non-hydrogen) atoms. The summed E-state index contributed by atoms with van der Waals surface area (Å²) in [7, 11) is 0. The highest BCUT2D eigenvalue weighted by atomic mass is 35.5. The van der Waals surface area contributed by atoms with Gasteiger partial charge in [0.15, 0.2) is 0 Å². The van der Waals surface area contributed by atoms with E-state index in [-0.39, 0.29) is 24.1 Å². The zero-order valence-corrected chi connectivity index (χ0v) is 25.3. The van der Waals surface area contributed by atoms with Crippen molar-refractivity contribution in [2.45, 2.75) is 70.7 Å². The SMILES string of the molecule is C=CC(=O)Nc1ccc(CN(C(=O)OC(C)(C)C)[C@H]2CCCC(Nc3ncc(Cl)c(-c4n[nH]c5ccccc45)n3)C2)cc1. The minimum atomic E-state index is -0.634. The Morgan fingerprint density at radius 1 is 1.14 bits per heavy atom. The number of aromatic nitrogens is 4. The van der Waals surface area contributed by atoms with Crippen molar-refractivity contribution in [1.29, 1.82) is 0 Å². The maximum absolute atomic E-state index is 13.5. The molecule has 2 amide bonds. The third-order valence-corrected chi connectivity index (χ3v) is 7.52. The standard InChI is InChI=1S/C32H36ClN7O3/c1-5-27(41)35-21-15-13-20(14-16-21)19-40(31(42)43-32(2,3)4)23-10-8-9-22(17-23)36-30-34-18-25(33)29(37-30)28-24-11-6-7-12-26(24)38-39-28/h5-7,11-16,18,22-23H,1,8-10,17,19H2,2-4H3,(H,35,41)(H,38,39)(H,34,36,37)/t22?,23-/m0/s1. The molecule has 224 valence electrons. The molecule has 1 unspecified atom stereocenters. The van der Waals surface area contributed by atoms with Crippen LogP contribution in [0.5, 0.6) is 0 Å². The zero-order chi connectivity index (χ0) is 30.6. The van der Waals surface area contributed by atoms with Gasteiger partial charge in [-0.25, -0.2) is 14.8 Å². The summed E-state index contributed by atoms with van der Waals surface area (Å²) >= 11 is 6.51. The Kier molecular flexibility index (Phi) is 8.96. The molecule has 11 heteroatoms. The van der Waals surface area contributed by atoms with E-state index in [1.807, 2.05) is 69.3 Å². The molecule has 5 rings (SSSR count). The van der Waals surface area contributed by atoms with E-state index in [0.29, 0.717) is 41.0 Å². The van der Waals surface area contributed by atoms with Crippen molar-refractivity contribution in [1.82, 2.24) is 25.1 Å². The number of carbonyl (C=O) groups is 2. The molecule has 0 radical (unpaired) electrons. The van der Waals surface area contributed by atoms with Crippen molar-refractivity contribution in [3.05, 3.63) is 78.0 Å². The normalized spacial score (nSPS) is 16.8. The van der Waals surface area contributed by atoms with Crippen LogP contribution >= 0.6 is 11.6 Å². The van der Waals surface area contributed by atoms with Crippen LogP contribution in [0.15, 0.2) is 67.4 Å². The number of rotatable bonds is 8. The number of H-pyrrole nitrogens is 1. The average molecular weight is 602 g/mol. The summed E-state index contributed by atoms with van der Waals surface area (Å²) in [6.45, 7) is 9.45. The predicted molar refractivity (Wildman–Crippen MR) is 169 cm³/mol. The summed E-state index contributed by atoms with van der Waals surface area (Å²) < 4.78 is 5.82. The van der Waals surface area contributed by atoms with Crippen molar-refractivity contribution in [3.63, 3.8) is 0 Å². The lowest BCUT2D eigenvalue weighted by molar-refractivity contribution is -0.111. The predicted octanol–water partition coefficient (Wildman–Crippen LogP) is 6.96. The number of ether oxygens (including phenoxy) is 1. The second-order valence-corrected chi connectivity index (χ2v) is 12.1. The molecule has 0 spiro atoms. The van der Waals surface area contributed by atoms with Gasteiger partial charge in [-0.3, -0.25) is 9.89 Å². The lowest BCUT2D eigenvalue weighted by Crippen LogP contribution is -2.46. The summed E-state index contributed by atoms with van der Waals surface area (Å²) in [4.78, 5) is 36.1. The first-order valence-electron chi connectivity index (χ1n) is 14.3. The van der Waals surface area contributed by atoms with E-state index in [1.54, 1.807) is 11.1 Å². The molecule has 3 N–H and O–H groups in total. The van der Waals surface area contributed by atoms with Crippen molar-refractivity contribution >= 4 is 46.1 Å². The molecule has 4 aromatic rings. The Hall–Kier alpha value is -4.44. The first-order chi connectivity index (χ1) is 20.6.